The second-order valence-corrected chi connectivity index (χ2v) is 6.32. The Labute approximate surface area is 165 Å². The number of hydrogen-bond donors (Lipinski definition) is 2. The first kappa shape index (κ1) is 18.4. The van der Waals surface area contributed by atoms with E-state index in [0.29, 0.717) is 23.8 Å². The molecule has 0 radical (unpaired) electrons. The van der Waals surface area contributed by atoms with Gasteiger partial charge in [-0.2, -0.15) is 0 Å². The summed E-state index contributed by atoms with van der Waals surface area (Å²) in [5.41, 5.74) is 2.61. The van der Waals surface area contributed by atoms with Gasteiger partial charge in [0.25, 0.3) is 0 Å². The van der Waals surface area contributed by atoms with Gasteiger partial charge < -0.3 is 18.7 Å². The lowest BCUT2D eigenvalue weighted by Crippen LogP contribution is -1.96. The molecule has 0 saturated heterocycles. The average Bonchev–Trinajstić information content (AvgIpc) is 3.32. The van der Waals surface area contributed by atoms with Gasteiger partial charge in [-0.05, 0) is 29.3 Å². The predicted octanol–water partition coefficient (Wildman–Crippen LogP) is 4.00. The molecule has 0 saturated carbocycles. The first-order chi connectivity index (χ1) is 14.2. The van der Waals surface area contributed by atoms with Gasteiger partial charge in [0, 0.05) is 12.5 Å². The van der Waals surface area contributed by atoms with E-state index in [4.69, 9.17) is 13.6 Å². The molecular formula is C22H18N2O5. The van der Waals surface area contributed by atoms with Gasteiger partial charge >= 0.3 is 5.76 Å². The molecule has 2 aromatic carbocycles. The molecule has 0 atom stereocenters. The van der Waals surface area contributed by atoms with E-state index in [9.17, 15) is 9.90 Å². The summed E-state index contributed by atoms with van der Waals surface area (Å²) in [5, 5.41) is 9.57. The van der Waals surface area contributed by atoms with Gasteiger partial charge in [0.1, 0.15) is 24.3 Å². The molecule has 2 N–H and O–H groups in total. The molecule has 0 amide bonds. The van der Waals surface area contributed by atoms with Gasteiger partial charge in [-0.15, -0.1) is 0 Å². The molecule has 146 valence electrons. The van der Waals surface area contributed by atoms with E-state index in [1.54, 1.807) is 18.4 Å². The molecule has 29 heavy (non-hydrogen) atoms. The van der Waals surface area contributed by atoms with E-state index in [-0.39, 0.29) is 18.2 Å². The van der Waals surface area contributed by atoms with Crippen LogP contribution in [0.15, 0.2) is 74.5 Å². The maximum Gasteiger partial charge on any atom is 0.419 e. The zero-order chi connectivity index (χ0) is 20.1. The predicted molar refractivity (Wildman–Crippen MR) is 106 cm³/mol. The quantitative estimate of drug-likeness (QED) is 0.495. The third-order valence-electron chi connectivity index (χ3n) is 4.16. The summed E-state index contributed by atoms with van der Waals surface area (Å²) in [6.07, 6.45) is 5.60. The Hall–Kier alpha value is -4.00. The van der Waals surface area contributed by atoms with Crippen molar-refractivity contribution in [2.75, 3.05) is 0 Å². The van der Waals surface area contributed by atoms with Crippen LogP contribution in [0.2, 0.25) is 0 Å². The molecule has 4 aromatic rings. The molecule has 0 fully saturated rings. The highest BCUT2D eigenvalue weighted by molar-refractivity contribution is 5.65. The van der Waals surface area contributed by atoms with Crippen molar-refractivity contribution in [2.24, 2.45) is 0 Å². The molecule has 0 aliphatic heterocycles. The first-order valence-corrected chi connectivity index (χ1v) is 8.96. The Kier molecular flexibility index (Phi) is 5.29. The number of oxazole rings is 2. The van der Waals surface area contributed by atoms with Crippen molar-refractivity contribution in [3.05, 3.63) is 99.9 Å². The number of hydrogen-bond acceptors (Lipinski definition) is 6. The summed E-state index contributed by atoms with van der Waals surface area (Å²) >= 11 is 0. The second kappa shape index (κ2) is 8.35. The van der Waals surface area contributed by atoms with Crippen LogP contribution >= 0.6 is 0 Å². The summed E-state index contributed by atoms with van der Waals surface area (Å²) in [5.74, 6) is 0.442. The lowest BCUT2D eigenvalue weighted by molar-refractivity contribution is 0.301. The topological polar surface area (TPSA) is 101 Å². The van der Waals surface area contributed by atoms with Crippen molar-refractivity contribution in [3.8, 4) is 11.6 Å². The Morgan fingerprint density at radius 3 is 2.59 bits per heavy atom. The lowest BCUT2D eigenvalue weighted by atomic mass is 10.1. The summed E-state index contributed by atoms with van der Waals surface area (Å²) in [6.45, 7) is 0.273. The van der Waals surface area contributed by atoms with E-state index in [1.807, 2.05) is 54.6 Å². The van der Waals surface area contributed by atoms with E-state index < -0.39 is 5.76 Å². The highest BCUT2D eigenvalue weighted by Gasteiger charge is 2.09. The average molecular weight is 390 g/mol. The number of aromatic amines is 1. The summed E-state index contributed by atoms with van der Waals surface area (Å²) in [7, 11) is 0. The number of nitrogens with zero attached hydrogens (tertiary/aromatic N) is 1. The zero-order valence-corrected chi connectivity index (χ0v) is 15.4. The fourth-order valence-electron chi connectivity index (χ4n) is 2.72. The highest BCUT2D eigenvalue weighted by Crippen LogP contribution is 2.19. The van der Waals surface area contributed by atoms with E-state index in [0.717, 1.165) is 11.1 Å². The van der Waals surface area contributed by atoms with Crippen LogP contribution in [0.1, 0.15) is 28.5 Å². The molecule has 7 nitrogen and oxygen atoms in total. The number of benzene rings is 2. The number of ether oxygens (including phenoxy) is 1. The fraction of sp³-hybridized carbons (Fsp3) is 0.0909. The summed E-state index contributed by atoms with van der Waals surface area (Å²) in [4.78, 5) is 17.6. The zero-order valence-electron chi connectivity index (χ0n) is 15.4. The van der Waals surface area contributed by atoms with Gasteiger partial charge in [0.2, 0.25) is 11.8 Å². The summed E-state index contributed by atoms with van der Waals surface area (Å²) in [6, 6.07) is 17.2. The van der Waals surface area contributed by atoms with Gasteiger partial charge in [-0.1, -0.05) is 42.5 Å². The third-order valence-corrected chi connectivity index (χ3v) is 4.16. The monoisotopic (exact) mass is 390 g/mol. The van der Waals surface area contributed by atoms with Gasteiger partial charge in [-0.3, -0.25) is 4.98 Å². The number of nitrogens with one attached hydrogen (secondary N) is 1. The maximum atomic E-state index is 11.1. The normalized spacial score (nSPS) is 11.2. The Bertz CT molecular complexity index is 1150. The van der Waals surface area contributed by atoms with Gasteiger partial charge in [0.05, 0.1) is 0 Å². The van der Waals surface area contributed by atoms with Crippen LogP contribution < -0.4 is 10.5 Å². The van der Waals surface area contributed by atoms with Crippen molar-refractivity contribution >= 4 is 12.2 Å². The smallest absolute Gasteiger partial charge is 0.419 e. The van der Waals surface area contributed by atoms with Crippen LogP contribution in [-0.2, 0) is 13.0 Å². The molecule has 0 aliphatic carbocycles. The number of rotatable bonds is 7. The minimum absolute atomic E-state index is 0.197. The van der Waals surface area contributed by atoms with Crippen molar-refractivity contribution in [3.63, 3.8) is 0 Å². The molecule has 2 aromatic heterocycles. The van der Waals surface area contributed by atoms with Crippen LogP contribution in [0.25, 0.3) is 12.2 Å². The maximum absolute atomic E-state index is 11.1. The van der Waals surface area contributed by atoms with Crippen LogP contribution in [-0.4, -0.2) is 15.1 Å². The van der Waals surface area contributed by atoms with Crippen LogP contribution in [0.3, 0.4) is 0 Å². The molecule has 0 bridgehead atoms. The minimum Gasteiger partial charge on any atom is -0.492 e. The second-order valence-electron chi connectivity index (χ2n) is 6.32. The van der Waals surface area contributed by atoms with Crippen LogP contribution in [0.5, 0.6) is 11.6 Å². The van der Waals surface area contributed by atoms with Crippen LogP contribution in [0, 0.1) is 0 Å². The first-order valence-electron chi connectivity index (χ1n) is 8.96. The minimum atomic E-state index is -0.678. The van der Waals surface area contributed by atoms with E-state index in [2.05, 4.69) is 9.97 Å². The molecule has 0 aliphatic rings. The molecule has 0 unspecified atom stereocenters. The lowest BCUT2D eigenvalue weighted by Gasteiger charge is -2.05. The van der Waals surface area contributed by atoms with Crippen molar-refractivity contribution in [1.29, 1.82) is 0 Å². The molecule has 2 heterocycles. The SMILES string of the molecule is O=c1[nH]c(O)c(Cc2ccc(OCc3coc(C=Cc4ccccc4)n3)cc2)o1. The van der Waals surface area contributed by atoms with Gasteiger partial charge in [-0.25, -0.2) is 9.78 Å². The van der Waals surface area contributed by atoms with E-state index in [1.165, 1.54) is 0 Å². The largest absolute Gasteiger partial charge is 0.492 e. The summed E-state index contributed by atoms with van der Waals surface area (Å²) < 4.78 is 16.0. The molecule has 4 rings (SSSR count). The Balaban J connectivity index is 1.32. The Morgan fingerprint density at radius 1 is 1.07 bits per heavy atom. The van der Waals surface area contributed by atoms with E-state index >= 15 is 0 Å². The fourth-order valence-corrected chi connectivity index (χ4v) is 2.72. The number of aromatic hydroxyl groups is 1. The standard InChI is InChI=1S/C22H18N2O5/c25-21-19(29-22(26)24-21)12-16-6-9-18(10-7-16)27-13-17-14-28-20(23-17)11-8-15-4-2-1-3-5-15/h1-11,14,25H,12-13H2,(H,24,26). The number of aromatic nitrogens is 2. The third kappa shape index (κ3) is 4.84. The van der Waals surface area contributed by atoms with Crippen molar-refractivity contribution in [2.45, 2.75) is 13.0 Å². The molecule has 0 spiro atoms. The van der Waals surface area contributed by atoms with Crippen molar-refractivity contribution in [1.82, 2.24) is 9.97 Å². The molecular weight excluding hydrogens is 372 g/mol. The number of H-pyrrole nitrogens is 1. The van der Waals surface area contributed by atoms with Crippen molar-refractivity contribution < 1.29 is 18.7 Å². The van der Waals surface area contributed by atoms with Crippen LogP contribution in [0.4, 0.5) is 0 Å². The van der Waals surface area contributed by atoms with Gasteiger partial charge in [0.15, 0.2) is 5.76 Å². The Morgan fingerprint density at radius 2 is 1.86 bits per heavy atom. The molecule has 7 heteroatoms. The highest BCUT2D eigenvalue weighted by atomic mass is 16.5.